The van der Waals surface area contributed by atoms with Crippen LogP contribution in [0.15, 0.2) is 35.1 Å². The van der Waals surface area contributed by atoms with Gasteiger partial charge in [0.1, 0.15) is 11.5 Å². The summed E-state index contributed by atoms with van der Waals surface area (Å²) in [4.78, 5) is 35.2. The molecule has 1 atom stereocenters. The molecule has 1 N–H and O–H groups in total. The van der Waals surface area contributed by atoms with Crippen LogP contribution in [0.5, 0.6) is 0 Å². The number of rotatable bonds is 6. The molecule has 0 amide bonds. The van der Waals surface area contributed by atoms with E-state index in [4.69, 9.17) is 4.42 Å². The Kier molecular flexibility index (Phi) is 5.44. The van der Waals surface area contributed by atoms with Crippen molar-refractivity contribution in [3.05, 3.63) is 36.4 Å². The van der Waals surface area contributed by atoms with E-state index < -0.39 is 11.9 Å². The first-order valence-electron chi connectivity index (χ1n) is 7.11. The Morgan fingerprint density at radius 1 is 1.39 bits per heavy atom. The molecule has 122 valence electrons. The number of furan rings is 1. The molecule has 0 spiro atoms. The van der Waals surface area contributed by atoms with Crippen molar-refractivity contribution in [2.75, 3.05) is 5.75 Å². The van der Waals surface area contributed by atoms with Crippen LogP contribution in [0.1, 0.15) is 35.6 Å². The van der Waals surface area contributed by atoms with E-state index in [2.05, 4.69) is 0 Å². The minimum atomic E-state index is -1.19. The second-order valence-electron chi connectivity index (χ2n) is 5.01. The first-order valence-corrected chi connectivity index (χ1v) is 8.09. The molecule has 23 heavy (non-hydrogen) atoms. The number of carboxylic acids is 1. The number of carbonyl (C=O) groups excluding carboxylic acids is 2. The Labute approximate surface area is 137 Å². The van der Waals surface area contributed by atoms with Crippen molar-refractivity contribution < 1.29 is 23.9 Å². The maximum Gasteiger partial charge on any atom is 0.352 e. The molecule has 0 radical (unpaired) electrons. The first kappa shape index (κ1) is 17.1. The lowest BCUT2D eigenvalue weighted by Gasteiger charge is -2.14. The molecule has 0 aliphatic heterocycles. The van der Waals surface area contributed by atoms with Gasteiger partial charge in [-0.25, -0.2) is 4.79 Å². The molecule has 0 fully saturated rings. The molecule has 2 aromatic rings. The average Bonchev–Trinajstić information content (AvgIpc) is 3.16. The number of carbonyl (C=O) groups is 3. The average molecular weight is 335 g/mol. The van der Waals surface area contributed by atoms with E-state index in [1.807, 2.05) is 6.92 Å². The molecule has 0 saturated heterocycles. The number of aromatic nitrogens is 1. The fourth-order valence-corrected chi connectivity index (χ4v) is 2.98. The maximum atomic E-state index is 12.6. The third-order valence-corrected chi connectivity index (χ3v) is 4.39. The van der Waals surface area contributed by atoms with Crippen LogP contribution in [-0.2, 0) is 4.79 Å². The Hall–Kier alpha value is -2.28. The third-order valence-electron chi connectivity index (χ3n) is 3.41. The summed E-state index contributed by atoms with van der Waals surface area (Å²) >= 11 is 1.07. The zero-order valence-corrected chi connectivity index (χ0v) is 13.6. The van der Waals surface area contributed by atoms with E-state index in [9.17, 15) is 19.5 Å². The summed E-state index contributed by atoms with van der Waals surface area (Å²) in [6.07, 6.45) is 3.46. The minimum absolute atomic E-state index is 0.0708. The zero-order valence-electron chi connectivity index (χ0n) is 12.8. The van der Waals surface area contributed by atoms with E-state index in [-0.39, 0.29) is 16.7 Å². The van der Waals surface area contributed by atoms with Crippen LogP contribution < -0.4 is 0 Å². The largest absolute Gasteiger partial charge is 0.477 e. The van der Waals surface area contributed by atoms with Gasteiger partial charge in [-0.1, -0.05) is 18.7 Å². The SMILES string of the molecule is CC[C@H](CSC(C)=O)C(=O)n1cc(-c2ccco2)cc1C(=O)O. The molecule has 7 heteroatoms. The van der Waals surface area contributed by atoms with E-state index in [1.54, 1.807) is 12.1 Å². The van der Waals surface area contributed by atoms with Crippen LogP contribution >= 0.6 is 11.8 Å². The summed E-state index contributed by atoms with van der Waals surface area (Å²) in [6.45, 7) is 3.27. The third kappa shape index (κ3) is 3.92. The van der Waals surface area contributed by atoms with Gasteiger partial charge in [0, 0.05) is 30.4 Å². The highest BCUT2D eigenvalue weighted by atomic mass is 32.2. The van der Waals surface area contributed by atoms with Crippen LogP contribution in [0.4, 0.5) is 0 Å². The second kappa shape index (κ2) is 7.32. The van der Waals surface area contributed by atoms with Crippen LogP contribution in [0.25, 0.3) is 11.3 Å². The topological polar surface area (TPSA) is 89.5 Å². The van der Waals surface area contributed by atoms with Crippen molar-refractivity contribution >= 4 is 28.8 Å². The minimum Gasteiger partial charge on any atom is -0.477 e. The molecule has 0 saturated carbocycles. The Bertz CT molecular complexity index is 717. The summed E-state index contributed by atoms with van der Waals surface area (Å²) in [7, 11) is 0. The quantitative estimate of drug-likeness (QED) is 0.870. The Morgan fingerprint density at radius 3 is 2.65 bits per heavy atom. The number of thioether (sulfide) groups is 1. The maximum absolute atomic E-state index is 12.6. The highest BCUT2D eigenvalue weighted by Gasteiger charge is 2.25. The smallest absolute Gasteiger partial charge is 0.352 e. The second-order valence-corrected chi connectivity index (χ2v) is 6.21. The van der Waals surface area contributed by atoms with Gasteiger partial charge >= 0.3 is 5.97 Å². The van der Waals surface area contributed by atoms with Crippen LogP contribution in [-0.4, -0.2) is 32.4 Å². The van der Waals surface area contributed by atoms with E-state index >= 15 is 0 Å². The molecule has 0 bridgehead atoms. The normalized spacial score (nSPS) is 12.1. The fraction of sp³-hybridized carbons (Fsp3) is 0.312. The van der Waals surface area contributed by atoms with Crippen LogP contribution in [0.3, 0.4) is 0 Å². The van der Waals surface area contributed by atoms with Gasteiger partial charge in [0.15, 0.2) is 5.12 Å². The van der Waals surface area contributed by atoms with Gasteiger partial charge in [0.25, 0.3) is 0 Å². The van der Waals surface area contributed by atoms with Gasteiger partial charge in [0.05, 0.1) is 6.26 Å². The van der Waals surface area contributed by atoms with Gasteiger partial charge < -0.3 is 9.52 Å². The van der Waals surface area contributed by atoms with Gasteiger partial charge in [-0.15, -0.1) is 0 Å². The summed E-state index contributed by atoms with van der Waals surface area (Å²) < 4.78 is 6.38. The molecule has 0 aromatic carbocycles. The summed E-state index contributed by atoms with van der Waals surface area (Å²) in [5.74, 6) is -1.14. The number of hydrogen-bond donors (Lipinski definition) is 1. The fourth-order valence-electron chi connectivity index (χ4n) is 2.17. The van der Waals surface area contributed by atoms with Crippen molar-refractivity contribution in [1.82, 2.24) is 4.57 Å². The van der Waals surface area contributed by atoms with Crippen molar-refractivity contribution in [1.29, 1.82) is 0 Å². The molecule has 6 nitrogen and oxygen atoms in total. The van der Waals surface area contributed by atoms with Crippen LogP contribution in [0, 0.1) is 5.92 Å². The highest BCUT2D eigenvalue weighted by molar-refractivity contribution is 8.13. The lowest BCUT2D eigenvalue weighted by atomic mass is 10.1. The van der Waals surface area contributed by atoms with Gasteiger partial charge in [-0.3, -0.25) is 14.2 Å². The molecule has 0 aliphatic rings. The van der Waals surface area contributed by atoms with Crippen molar-refractivity contribution in [2.45, 2.75) is 20.3 Å². The molecule has 2 rings (SSSR count). The number of aromatic carboxylic acids is 1. The molecule has 0 unspecified atom stereocenters. The standard InChI is InChI=1S/C16H17NO5S/c1-3-11(9-23-10(2)18)15(19)17-8-12(7-13(17)16(20)21)14-5-4-6-22-14/h4-8,11H,3,9H2,1-2H3,(H,20,21)/t11-/m1/s1. The van der Waals surface area contributed by atoms with Gasteiger partial charge in [-0.2, -0.15) is 0 Å². The Morgan fingerprint density at radius 2 is 2.13 bits per heavy atom. The number of hydrogen-bond acceptors (Lipinski definition) is 5. The highest BCUT2D eigenvalue weighted by Crippen LogP contribution is 2.25. The molecular weight excluding hydrogens is 318 g/mol. The van der Waals surface area contributed by atoms with E-state index in [0.717, 1.165) is 16.3 Å². The lowest BCUT2D eigenvalue weighted by Crippen LogP contribution is -2.25. The van der Waals surface area contributed by atoms with Crippen molar-refractivity contribution in [3.63, 3.8) is 0 Å². The predicted molar refractivity (Wildman–Crippen MR) is 86.6 cm³/mol. The molecule has 2 heterocycles. The number of carboxylic acid groups (broad SMARTS) is 1. The van der Waals surface area contributed by atoms with Crippen molar-refractivity contribution in [3.8, 4) is 11.3 Å². The molecular formula is C16H17NO5S. The predicted octanol–water partition coefficient (Wildman–Crippen LogP) is 3.39. The summed E-state index contributed by atoms with van der Waals surface area (Å²) in [5.41, 5.74) is 0.405. The first-order chi connectivity index (χ1) is 10.9. The van der Waals surface area contributed by atoms with Gasteiger partial charge in [-0.05, 0) is 24.6 Å². The van der Waals surface area contributed by atoms with Crippen LogP contribution in [0.2, 0.25) is 0 Å². The number of nitrogens with zero attached hydrogens (tertiary/aromatic N) is 1. The Balaban J connectivity index is 2.34. The lowest BCUT2D eigenvalue weighted by molar-refractivity contribution is -0.109. The van der Waals surface area contributed by atoms with E-state index in [0.29, 0.717) is 23.5 Å². The monoisotopic (exact) mass is 335 g/mol. The van der Waals surface area contributed by atoms with Crippen molar-refractivity contribution in [2.24, 2.45) is 5.92 Å². The zero-order chi connectivity index (χ0) is 17.0. The van der Waals surface area contributed by atoms with Gasteiger partial charge in [0.2, 0.25) is 5.91 Å². The summed E-state index contributed by atoms with van der Waals surface area (Å²) in [5, 5.41) is 9.26. The molecule has 2 aromatic heterocycles. The van der Waals surface area contributed by atoms with E-state index in [1.165, 1.54) is 25.5 Å². The summed E-state index contributed by atoms with van der Waals surface area (Å²) in [6, 6.07) is 4.79. The molecule has 0 aliphatic carbocycles.